The van der Waals surface area contributed by atoms with Crippen LogP contribution in [0.5, 0.6) is 0 Å². The van der Waals surface area contributed by atoms with Crippen molar-refractivity contribution in [3.05, 3.63) is 0 Å². The van der Waals surface area contributed by atoms with E-state index in [2.05, 4.69) is 235 Å². The Hall–Kier alpha value is -4.75. The smallest absolute Gasteiger partial charge is 0.143 e. The molecule has 31 heteroatoms. The summed E-state index contributed by atoms with van der Waals surface area (Å²) in [6, 6.07) is 0. The maximum atomic E-state index is 7.32. The zero-order valence-electron chi connectivity index (χ0n) is 55.4. The van der Waals surface area contributed by atoms with Crippen LogP contribution in [0.4, 0.5) is 0 Å². The highest BCUT2D eigenvalue weighted by Gasteiger charge is 2.33. The van der Waals surface area contributed by atoms with Crippen molar-refractivity contribution in [2.45, 2.75) is 0 Å². The molecule has 11 aromatic rings. The Kier molecular flexibility index (Phi) is 13.9. The van der Waals surface area contributed by atoms with Gasteiger partial charge in [0.25, 0.3) is 0 Å². The minimum atomic E-state index is 1.02. The first kappa shape index (κ1) is 58.0. The fraction of sp³-hybridized carbons (Fsp3) is 0. The predicted molar refractivity (Wildman–Crippen MR) is 463 cm³/mol. The third kappa shape index (κ3) is 7.30. The topological polar surface area (TPSA) is 13.1 Å². The lowest BCUT2D eigenvalue weighted by atomic mass is 9.55. The Morgan fingerprint density at radius 1 is 0.111 bits per heavy atom. The number of rotatable bonds is 3. The highest BCUT2D eigenvalue weighted by Crippen LogP contribution is 2.41. The normalized spacial score (nSPS) is 12.0. The molecular formula is C50H60B30O. The van der Waals surface area contributed by atoms with Gasteiger partial charge < -0.3 is 4.42 Å². The van der Waals surface area contributed by atoms with E-state index in [-0.39, 0.29) is 0 Å². The summed E-state index contributed by atoms with van der Waals surface area (Å²) in [5, 5.41) is 16.6. The minimum Gasteiger partial charge on any atom is -0.457 e. The molecule has 0 amide bonds. The Morgan fingerprint density at radius 3 is 0.679 bits per heavy atom. The summed E-state index contributed by atoms with van der Waals surface area (Å²) in [6.45, 7) is 0. The summed E-state index contributed by atoms with van der Waals surface area (Å²) in [6.07, 6.45) is 0. The Morgan fingerprint density at radius 2 is 0.296 bits per heavy atom. The minimum absolute atomic E-state index is 1.02. The largest absolute Gasteiger partial charge is 0.457 e. The van der Waals surface area contributed by atoms with Crippen LogP contribution < -0.4 is 164 Å². The SMILES string of the molecule is Bc1c(B)c(-c2c(B)c(B)c3c(B)c(B)c4c(B)c(B)c(B)c(B)c4c3c2B)c(B)c(-c2c3c(B)c(B)c(B)c(B)c3c(-c3c(B)c(B)c4oc5c(B)c(B)c6c(B)c(B)c(B)c(B)c6c5c4c3B)c3c(B)c(B)c(B)c(B)c23)c1B. The lowest BCUT2D eigenvalue weighted by Crippen LogP contribution is -2.52. The molecule has 0 saturated heterocycles. The number of fused-ring (bicyclic) bond motifs is 10. The monoisotopic (exact) mass is 1010 g/mol. The molecule has 0 saturated carbocycles. The third-order valence-electron chi connectivity index (χ3n) is 23.5. The predicted octanol–water partition coefficient (Wildman–Crippen LogP) is -37.9. The molecule has 0 N–H and O–H groups in total. The van der Waals surface area contributed by atoms with Gasteiger partial charge in [0, 0.05) is 10.8 Å². The van der Waals surface area contributed by atoms with E-state index in [4.69, 9.17) is 4.42 Å². The van der Waals surface area contributed by atoms with Gasteiger partial charge in [0.1, 0.15) is 247 Å². The van der Waals surface area contributed by atoms with Crippen LogP contribution in [0.1, 0.15) is 0 Å². The molecule has 0 aliphatic rings. The van der Waals surface area contributed by atoms with Crippen LogP contribution in [0.25, 0.3) is 109 Å². The summed E-state index contributed by atoms with van der Waals surface area (Å²) < 4.78 is 7.32. The van der Waals surface area contributed by atoms with Crippen LogP contribution in [-0.2, 0) is 0 Å². The van der Waals surface area contributed by atoms with Crippen molar-refractivity contribution in [1.82, 2.24) is 0 Å². The highest BCUT2D eigenvalue weighted by molar-refractivity contribution is 6.79. The van der Waals surface area contributed by atoms with Crippen molar-refractivity contribution in [3.63, 3.8) is 0 Å². The van der Waals surface area contributed by atoms with Gasteiger partial charge in [-0.25, -0.2) is 0 Å². The molecule has 1 aromatic heterocycles. The summed E-state index contributed by atoms with van der Waals surface area (Å²) in [4.78, 5) is 0. The molecule has 0 unspecified atom stereocenters. The van der Waals surface area contributed by atoms with Crippen LogP contribution in [0.3, 0.4) is 0 Å². The van der Waals surface area contributed by atoms with Gasteiger partial charge in [-0.15, -0.1) is 49.2 Å². The van der Waals surface area contributed by atoms with Crippen LogP contribution in [-0.4, -0.2) is 235 Å². The van der Waals surface area contributed by atoms with Crippen LogP contribution >= 0.6 is 0 Å². The van der Waals surface area contributed by atoms with E-state index in [1.807, 2.05) is 0 Å². The quantitative estimate of drug-likeness (QED) is 0.0977. The molecule has 1 nitrogen and oxygen atoms in total. The summed E-state index contributed by atoms with van der Waals surface area (Å²) in [7, 11) is 71.5. The summed E-state index contributed by atoms with van der Waals surface area (Å²) >= 11 is 0. The molecule has 0 aliphatic heterocycles. The van der Waals surface area contributed by atoms with Crippen LogP contribution in [0.15, 0.2) is 4.42 Å². The van der Waals surface area contributed by atoms with E-state index in [0.717, 1.165) is 11.2 Å². The summed E-state index contributed by atoms with van der Waals surface area (Å²) in [5.74, 6) is 0. The van der Waals surface area contributed by atoms with Gasteiger partial charge in [0.15, 0.2) is 0 Å². The third-order valence-corrected chi connectivity index (χ3v) is 23.5. The molecule has 0 atom stereocenters. The molecule has 0 fully saturated rings. The average molecular weight is 1000 g/mol. The van der Waals surface area contributed by atoms with Gasteiger partial charge in [0.2, 0.25) is 0 Å². The summed E-state index contributed by atoms with van der Waals surface area (Å²) in [5.41, 5.74) is 51.4. The van der Waals surface area contributed by atoms with Crippen LogP contribution in [0.2, 0.25) is 0 Å². The maximum Gasteiger partial charge on any atom is 0.143 e. The average Bonchev–Trinajstić information content (AvgIpc) is 3.97. The number of furan rings is 1. The van der Waals surface area contributed by atoms with E-state index < -0.39 is 0 Å². The van der Waals surface area contributed by atoms with Crippen molar-refractivity contribution in [2.75, 3.05) is 0 Å². The fourth-order valence-electron chi connectivity index (χ4n) is 16.6. The second-order valence-electron chi connectivity index (χ2n) is 26.3. The van der Waals surface area contributed by atoms with Gasteiger partial charge in [-0.1, -0.05) is 115 Å². The molecule has 0 aliphatic carbocycles. The first-order valence-electron chi connectivity index (χ1n) is 30.2. The molecule has 0 spiro atoms. The van der Waals surface area contributed by atoms with E-state index in [1.165, 1.54) is 262 Å². The lowest BCUT2D eigenvalue weighted by molar-refractivity contribution is 0.675. The molecule has 1 heterocycles. The van der Waals surface area contributed by atoms with Gasteiger partial charge in [-0.2, -0.15) is 0 Å². The Bertz CT molecular complexity index is 4850. The molecule has 0 radical (unpaired) electrons. The van der Waals surface area contributed by atoms with E-state index >= 15 is 0 Å². The van der Waals surface area contributed by atoms with Crippen molar-refractivity contribution in [2.24, 2.45) is 0 Å². The molecular weight excluding hydrogens is 941 g/mol. The van der Waals surface area contributed by atoms with Gasteiger partial charge in [-0.3, -0.25) is 0 Å². The first-order chi connectivity index (χ1) is 37.8. The van der Waals surface area contributed by atoms with Crippen LogP contribution in [0, 0.1) is 0 Å². The van der Waals surface area contributed by atoms with Gasteiger partial charge in [-0.05, 0) is 87.2 Å². The van der Waals surface area contributed by atoms with Crippen molar-refractivity contribution in [3.8, 4) is 33.4 Å². The molecule has 10 aromatic carbocycles. The van der Waals surface area contributed by atoms with Crippen molar-refractivity contribution in [1.29, 1.82) is 0 Å². The standard InChI is InChI=1S/C50H60B30O/c51-19-7-8-14(33(65)45(77)43(75)26(8)58)30(62)28(60)13(7)29(61)31(63)16(19)17-20(52)11(32(64)38(70)35(17)67)1-3-5(24(56)41(73)39(71)22(3)54)2(6-4(1)23(55)40(72)42(74)25(6)57)12-21(53)18-10-9-15(34(66)46(78)44(76)27(9)59)37(69)47(79)49(10)81-50(18)48(80)36(12)68/h51-80H2. The molecule has 81 heavy (non-hydrogen) atoms. The molecule has 0 bridgehead atoms. The Balaban J connectivity index is 1.40. The zero-order chi connectivity index (χ0) is 59.6. The van der Waals surface area contributed by atoms with Crippen molar-refractivity contribution < 1.29 is 4.42 Å². The van der Waals surface area contributed by atoms with Gasteiger partial charge in [0.05, 0.1) is 0 Å². The molecule has 11 rings (SSSR count). The van der Waals surface area contributed by atoms with Crippen molar-refractivity contribution >= 4 is 475 Å². The van der Waals surface area contributed by atoms with E-state index in [0.29, 0.717) is 0 Å². The zero-order valence-corrected chi connectivity index (χ0v) is 55.4. The van der Waals surface area contributed by atoms with E-state index in [9.17, 15) is 0 Å². The van der Waals surface area contributed by atoms with Gasteiger partial charge >= 0.3 is 0 Å². The fourth-order valence-corrected chi connectivity index (χ4v) is 16.6. The number of hydrogen-bond acceptors (Lipinski definition) is 1. The first-order valence-corrected chi connectivity index (χ1v) is 30.2. The second-order valence-corrected chi connectivity index (χ2v) is 26.3. The van der Waals surface area contributed by atoms with E-state index in [1.54, 1.807) is 0 Å². The Labute approximate surface area is 509 Å². The lowest BCUT2D eigenvalue weighted by Gasteiger charge is -2.32. The molecule has 356 valence electrons. The number of benzene rings is 10. The number of hydrogen-bond donors (Lipinski definition) is 0. The highest BCUT2D eigenvalue weighted by atomic mass is 16.3. The second kappa shape index (κ2) is 19.4. The maximum absolute atomic E-state index is 7.32.